The molecule has 12 aromatic rings. The van der Waals surface area contributed by atoms with Crippen LogP contribution >= 0.6 is 11.3 Å². The number of hydrogen-bond acceptors (Lipinski definition) is 3. The van der Waals surface area contributed by atoms with Crippen molar-refractivity contribution in [1.29, 1.82) is 0 Å². The zero-order valence-electron chi connectivity index (χ0n) is 30.7. The molecular formula is C52H32N4S. The first-order valence-corrected chi connectivity index (χ1v) is 20.1. The van der Waals surface area contributed by atoms with E-state index in [0.29, 0.717) is 5.82 Å². The van der Waals surface area contributed by atoms with Crippen molar-refractivity contribution in [3.8, 4) is 45.3 Å². The van der Waals surface area contributed by atoms with Gasteiger partial charge < -0.3 is 4.57 Å². The summed E-state index contributed by atoms with van der Waals surface area (Å²) in [5.74, 6) is 1.54. The average molecular weight is 745 g/mol. The number of thiophene rings is 1. The molecule has 0 amide bonds. The van der Waals surface area contributed by atoms with Gasteiger partial charge in [-0.05, 0) is 59.7 Å². The summed E-state index contributed by atoms with van der Waals surface area (Å²) >= 11 is 1.87. The third kappa shape index (κ3) is 4.93. The van der Waals surface area contributed by atoms with Crippen LogP contribution in [0.2, 0.25) is 0 Å². The second-order valence-electron chi connectivity index (χ2n) is 14.6. The Labute approximate surface area is 332 Å². The lowest BCUT2D eigenvalue weighted by Crippen LogP contribution is -2.02. The molecule has 5 heteroatoms. The lowest BCUT2D eigenvalue weighted by atomic mass is 10.0. The van der Waals surface area contributed by atoms with Crippen LogP contribution in [0.3, 0.4) is 0 Å². The topological polar surface area (TPSA) is 35.6 Å². The van der Waals surface area contributed by atoms with Crippen molar-refractivity contribution in [2.75, 3.05) is 0 Å². The number of rotatable bonds is 5. The van der Waals surface area contributed by atoms with E-state index in [9.17, 15) is 0 Å². The maximum Gasteiger partial charge on any atom is 0.162 e. The molecule has 0 saturated carbocycles. The molecule has 0 saturated heterocycles. The van der Waals surface area contributed by atoms with Crippen molar-refractivity contribution in [3.05, 3.63) is 194 Å². The summed E-state index contributed by atoms with van der Waals surface area (Å²) in [4.78, 5) is 10.4. The van der Waals surface area contributed by atoms with Crippen LogP contribution in [-0.2, 0) is 0 Å². The van der Waals surface area contributed by atoms with Crippen molar-refractivity contribution >= 4 is 75.1 Å². The first-order chi connectivity index (χ1) is 28.3. The molecule has 57 heavy (non-hydrogen) atoms. The Kier molecular flexibility index (Phi) is 7.06. The highest BCUT2D eigenvalue weighted by Crippen LogP contribution is 2.48. The van der Waals surface area contributed by atoms with Gasteiger partial charge in [0.05, 0.1) is 27.8 Å². The number of fused-ring (bicyclic) bond motifs is 11. The molecule has 12 rings (SSSR count). The molecule has 0 N–H and O–H groups in total. The molecule has 4 aromatic heterocycles. The van der Waals surface area contributed by atoms with Crippen LogP contribution in [0.1, 0.15) is 0 Å². The Hall–Kier alpha value is -7.34. The van der Waals surface area contributed by atoms with Gasteiger partial charge in [-0.1, -0.05) is 140 Å². The van der Waals surface area contributed by atoms with E-state index >= 15 is 0 Å². The normalized spacial score (nSPS) is 11.9. The highest BCUT2D eigenvalue weighted by Gasteiger charge is 2.23. The van der Waals surface area contributed by atoms with Gasteiger partial charge in [0.1, 0.15) is 5.82 Å². The fourth-order valence-corrected chi connectivity index (χ4v) is 9.99. The standard InChI is InChI=1S/C52H32N4S/c1-4-15-33(16-5-1)36-21-14-22-37(31-36)55-41-25-12-10-23-38(41)48-43(55)27-29-45-50(48)51-46(57-45)30-28-44-49(51)39-24-11-13-26-42(39)56(44)47-32-40(34-17-6-2-7-18-34)53-52(54-47)35-19-8-3-9-20-35/h1-32H. The minimum absolute atomic E-state index is 0.700. The van der Waals surface area contributed by atoms with E-state index in [0.717, 1.165) is 39.4 Å². The third-order valence-electron chi connectivity index (χ3n) is 11.3. The summed E-state index contributed by atoms with van der Waals surface area (Å²) in [5, 5.41) is 7.56. The molecule has 4 heterocycles. The van der Waals surface area contributed by atoms with Crippen LogP contribution in [0.5, 0.6) is 0 Å². The van der Waals surface area contributed by atoms with Gasteiger partial charge >= 0.3 is 0 Å². The first kappa shape index (κ1) is 32.0. The monoisotopic (exact) mass is 744 g/mol. The lowest BCUT2D eigenvalue weighted by molar-refractivity contribution is 1.05. The van der Waals surface area contributed by atoms with E-state index < -0.39 is 0 Å². The van der Waals surface area contributed by atoms with Crippen LogP contribution in [0.25, 0.3) is 109 Å². The van der Waals surface area contributed by atoms with Gasteiger partial charge in [-0.25, -0.2) is 9.97 Å². The van der Waals surface area contributed by atoms with E-state index in [1.807, 2.05) is 35.6 Å². The predicted octanol–water partition coefficient (Wildman–Crippen LogP) is 14.0. The van der Waals surface area contributed by atoms with Gasteiger partial charge in [0, 0.05) is 64.6 Å². The predicted molar refractivity (Wildman–Crippen MR) is 240 cm³/mol. The van der Waals surface area contributed by atoms with Gasteiger partial charge in [-0.3, -0.25) is 4.57 Å². The van der Waals surface area contributed by atoms with Crippen molar-refractivity contribution in [2.45, 2.75) is 0 Å². The fraction of sp³-hybridized carbons (Fsp3) is 0. The zero-order valence-corrected chi connectivity index (χ0v) is 31.5. The molecule has 0 radical (unpaired) electrons. The molecule has 0 bridgehead atoms. The maximum absolute atomic E-state index is 5.31. The number of benzene rings is 8. The highest BCUT2D eigenvalue weighted by atomic mass is 32.1. The Morgan fingerprint density at radius 2 is 0.877 bits per heavy atom. The van der Waals surface area contributed by atoms with Gasteiger partial charge in [-0.15, -0.1) is 11.3 Å². The second-order valence-corrected chi connectivity index (χ2v) is 15.6. The van der Waals surface area contributed by atoms with Gasteiger partial charge in [0.2, 0.25) is 0 Å². The van der Waals surface area contributed by atoms with E-state index in [4.69, 9.17) is 9.97 Å². The Morgan fingerprint density at radius 3 is 1.53 bits per heavy atom. The van der Waals surface area contributed by atoms with Crippen molar-refractivity contribution < 1.29 is 0 Å². The highest BCUT2D eigenvalue weighted by molar-refractivity contribution is 7.26. The molecule has 0 unspecified atom stereocenters. The van der Waals surface area contributed by atoms with Gasteiger partial charge in [-0.2, -0.15) is 0 Å². The Bertz CT molecular complexity index is 3450. The summed E-state index contributed by atoms with van der Waals surface area (Å²) in [7, 11) is 0. The zero-order chi connectivity index (χ0) is 37.5. The van der Waals surface area contributed by atoms with Crippen LogP contribution < -0.4 is 0 Å². The summed E-state index contributed by atoms with van der Waals surface area (Å²) in [6, 6.07) is 69.3. The number of nitrogens with zero attached hydrogens (tertiary/aromatic N) is 4. The fourth-order valence-electron chi connectivity index (χ4n) is 8.87. The first-order valence-electron chi connectivity index (χ1n) is 19.3. The molecule has 266 valence electrons. The maximum atomic E-state index is 5.31. The molecule has 0 atom stereocenters. The molecule has 4 nitrogen and oxygen atoms in total. The Morgan fingerprint density at radius 1 is 0.351 bits per heavy atom. The quantitative estimate of drug-likeness (QED) is 0.176. The minimum atomic E-state index is 0.700. The molecule has 0 aliphatic heterocycles. The number of hydrogen-bond donors (Lipinski definition) is 0. The average Bonchev–Trinajstić information content (AvgIpc) is 3.95. The van der Waals surface area contributed by atoms with Crippen molar-refractivity contribution in [3.63, 3.8) is 0 Å². The largest absolute Gasteiger partial charge is 0.309 e. The SMILES string of the molecule is c1ccc(-c2cccc(-n3c4ccccc4c4c5c(ccc43)sc3ccc4c(c6ccccc6n4-c4cc(-c6ccccc6)nc(-c6ccccc6)n4)c35)c2)cc1. The number of aromatic nitrogens is 4. The summed E-state index contributed by atoms with van der Waals surface area (Å²) < 4.78 is 7.34. The van der Waals surface area contributed by atoms with Crippen molar-refractivity contribution in [1.82, 2.24) is 19.1 Å². The summed E-state index contributed by atoms with van der Waals surface area (Å²) in [6.45, 7) is 0. The third-order valence-corrected chi connectivity index (χ3v) is 12.4. The summed E-state index contributed by atoms with van der Waals surface area (Å²) in [5.41, 5.74) is 11.1. The van der Waals surface area contributed by atoms with Gasteiger partial charge in [0.25, 0.3) is 0 Å². The minimum Gasteiger partial charge on any atom is -0.309 e. The molecular weight excluding hydrogens is 713 g/mol. The van der Waals surface area contributed by atoms with E-state index in [1.165, 1.54) is 63.9 Å². The van der Waals surface area contributed by atoms with Crippen LogP contribution in [-0.4, -0.2) is 19.1 Å². The molecule has 0 aliphatic carbocycles. The molecule has 0 aliphatic rings. The Balaban J connectivity index is 1.18. The van der Waals surface area contributed by atoms with E-state index in [2.05, 4.69) is 179 Å². The van der Waals surface area contributed by atoms with Crippen LogP contribution in [0, 0.1) is 0 Å². The molecule has 0 spiro atoms. The van der Waals surface area contributed by atoms with E-state index in [1.54, 1.807) is 0 Å². The number of para-hydroxylation sites is 2. The molecule has 8 aromatic carbocycles. The second kappa shape index (κ2) is 12.6. The lowest BCUT2D eigenvalue weighted by Gasteiger charge is -2.12. The molecule has 0 fully saturated rings. The smallest absolute Gasteiger partial charge is 0.162 e. The van der Waals surface area contributed by atoms with Crippen LogP contribution in [0.15, 0.2) is 194 Å². The van der Waals surface area contributed by atoms with Crippen molar-refractivity contribution in [2.24, 2.45) is 0 Å². The van der Waals surface area contributed by atoms with Crippen LogP contribution in [0.4, 0.5) is 0 Å². The summed E-state index contributed by atoms with van der Waals surface area (Å²) in [6.07, 6.45) is 0. The van der Waals surface area contributed by atoms with Gasteiger partial charge in [0.15, 0.2) is 5.82 Å². The van der Waals surface area contributed by atoms with E-state index in [-0.39, 0.29) is 0 Å².